The fraction of sp³-hybridized carbons (Fsp3) is 0.385. The van der Waals surface area contributed by atoms with E-state index in [9.17, 15) is 9.59 Å². The molecule has 1 aromatic carbocycles. The Balaban J connectivity index is 2.69. The molecule has 0 saturated heterocycles. The van der Waals surface area contributed by atoms with Gasteiger partial charge in [-0.1, -0.05) is 30.3 Å². The van der Waals surface area contributed by atoms with Gasteiger partial charge >= 0.3 is 0 Å². The standard InChI is InChI=1S/C13H19N3O2S/c1-2-16-11(17)8-19-9-13(15,12(14)18)10-6-4-3-5-7-10/h3-7H,2,8-9,15H2,1H3,(H2,14,18)(H,16,17). The van der Waals surface area contributed by atoms with Crippen molar-refractivity contribution in [1.82, 2.24) is 5.32 Å². The average Bonchev–Trinajstić information content (AvgIpc) is 2.39. The molecule has 0 bridgehead atoms. The number of benzene rings is 1. The summed E-state index contributed by atoms with van der Waals surface area (Å²) in [5, 5.41) is 2.68. The zero-order valence-electron chi connectivity index (χ0n) is 10.9. The number of nitrogens with one attached hydrogen (secondary N) is 1. The molecule has 1 unspecified atom stereocenters. The van der Waals surface area contributed by atoms with Gasteiger partial charge in [0, 0.05) is 12.3 Å². The molecular formula is C13H19N3O2S. The lowest BCUT2D eigenvalue weighted by Crippen LogP contribution is -2.51. The normalized spacial score (nSPS) is 13.6. The summed E-state index contributed by atoms with van der Waals surface area (Å²) in [5.74, 6) is -0.148. The van der Waals surface area contributed by atoms with Crippen LogP contribution in [0.15, 0.2) is 30.3 Å². The minimum atomic E-state index is -1.25. The third-order valence-corrected chi connectivity index (χ3v) is 3.79. The Morgan fingerprint density at radius 2 is 1.95 bits per heavy atom. The highest BCUT2D eigenvalue weighted by atomic mass is 32.2. The van der Waals surface area contributed by atoms with Gasteiger partial charge in [0.15, 0.2) is 0 Å². The van der Waals surface area contributed by atoms with E-state index in [0.29, 0.717) is 12.1 Å². The number of rotatable bonds is 7. The van der Waals surface area contributed by atoms with Gasteiger partial charge in [0.2, 0.25) is 11.8 Å². The molecular weight excluding hydrogens is 262 g/mol. The van der Waals surface area contributed by atoms with Crippen LogP contribution in [0.25, 0.3) is 0 Å². The van der Waals surface area contributed by atoms with E-state index in [1.165, 1.54) is 11.8 Å². The monoisotopic (exact) mass is 281 g/mol. The van der Waals surface area contributed by atoms with Crippen LogP contribution in [-0.4, -0.2) is 29.9 Å². The molecule has 0 aromatic heterocycles. The van der Waals surface area contributed by atoms with Crippen molar-refractivity contribution in [2.75, 3.05) is 18.1 Å². The molecule has 6 heteroatoms. The quantitative estimate of drug-likeness (QED) is 0.664. The summed E-state index contributed by atoms with van der Waals surface area (Å²) in [6.45, 7) is 2.44. The molecule has 0 aliphatic carbocycles. The van der Waals surface area contributed by atoms with E-state index in [-0.39, 0.29) is 17.4 Å². The number of carbonyl (C=O) groups excluding carboxylic acids is 2. The van der Waals surface area contributed by atoms with Crippen molar-refractivity contribution in [2.24, 2.45) is 11.5 Å². The van der Waals surface area contributed by atoms with Gasteiger partial charge in [-0.3, -0.25) is 9.59 Å². The molecule has 1 aromatic rings. The zero-order chi connectivity index (χ0) is 14.3. The fourth-order valence-electron chi connectivity index (χ4n) is 1.59. The lowest BCUT2D eigenvalue weighted by atomic mass is 9.92. The summed E-state index contributed by atoms with van der Waals surface area (Å²) in [4.78, 5) is 23.0. The highest BCUT2D eigenvalue weighted by Gasteiger charge is 2.33. The van der Waals surface area contributed by atoms with Gasteiger partial charge < -0.3 is 16.8 Å². The third-order valence-electron chi connectivity index (χ3n) is 2.67. The molecule has 1 rings (SSSR count). The molecule has 0 fully saturated rings. The molecule has 1 atom stereocenters. The van der Waals surface area contributed by atoms with Crippen molar-refractivity contribution in [3.8, 4) is 0 Å². The summed E-state index contributed by atoms with van der Waals surface area (Å²) in [6, 6.07) is 8.96. The number of nitrogens with two attached hydrogens (primary N) is 2. The van der Waals surface area contributed by atoms with Crippen molar-refractivity contribution in [2.45, 2.75) is 12.5 Å². The van der Waals surface area contributed by atoms with Gasteiger partial charge in [0.25, 0.3) is 0 Å². The van der Waals surface area contributed by atoms with Crippen LogP contribution < -0.4 is 16.8 Å². The van der Waals surface area contributed by atoms with Crippen molar-refractivity contribution in [3.63, 3.8) is 0 Å². The van der Waals surface area contributed by atoms with Crippen LogP contribution in [0.1, 0.15) is 12.5 Å². The maximum Gasteiger partial charge on any atom is 0.242 e. The molecule has 5 N–H and O–H groups in total. The SMILES string of the molecule is CCNC(=O)CSCC(N)(C(N)=O)c1ccccc1. The molecule has 0 aliphatic heterocycles. The minimum absolute atomic E-state index is 0.0765. The summed E-state index contributed by atoms with van der Waals surface area (Å²) in [7, 11) is 0. The van der Waals surface area contributed by atoms with E-state index in [1.54, 1.807) is 24.3 Å². The van der Waals surface area contributed by atoms with Gasteiger partial charge in [0.1, 0.15) is 5.54 Å². The van der Waals surface area contributed by atoms with Crippen LogP contribution in [0.2, 0.25) is 0 Å². The lowest BCUT2D eigenvalue weighted by molar-refractivity contribution is -0.122. The maximum atomic E-state index is 11.6. The van der Waals surface area contributed by atoms with E-state index >= 15 is 0 Å². The average molecular weight is 281 g/mol. The zero-order valence-corrected chi connectivity index (χ0v) is 11.7. The Hall–Kier alpha value is -1.53. The van der Waals surface area contributed by atoms with Crippen molar-refractivity contribution < 1.29 is 9.59 Å². The predicted octanol–water partition coefficient (Wildman–Crippen LogP) is 0.195. The Kier molecular flexibility index (Phi) is 5.85. The summed E-state index contributed by atoms with van der Waals surface area (Å²) in [5.41, 5.74) is 10.9. The topological polar surface area (TPSA) is 98.2 Å². The van der Waals surface area contributed by atoms with Crippen molar-refractivity contribution in [1.29, 1.82) is 0 Å². The lowest BCUT2D eigenvalue weighted by Gasteiger charge is -2.26. The fourth-order valence-corrected chi connectivity index (χ4v) is 2.61. The Bertz CT molecular complexity index is 439. The van der Waals surface area contributed by atoms with E-state index < -0.39 is 11.4 Å². The second-order valence-electron chi connectivity index (χ2n) is 4.15. The minimum Gasteiger partial charge on any atom is -0.368 e. The van der Waals surface area contributed by atoms with Gasteiger partial charge in [0.05, 0.1) is 5.75 Å². The number of hydrogen-bond donors (Lipinski definition) is 3. The predicted molar refractivity (Wildman–Crippen MR) is 77.5 cm³/mol. The molecule has 19 heavy (non-hydrogen) atoms. The third kappa shape index (κ3) is 4.25. The smallest absolute Gasteiger partial charge is 0.242 e. The molecule has 5 nitrogen and oxygen atoms in total. The Morgan fingerprint density at radius 3 is 2.47 bits per heavy atom. The second kappa shape index (κ2) is 7.16. The molecule has 104 valence electrons. The van der Waals surface area contributed by atoms with Crippen LogP contribution >= 0.6 is 11.8 Å². The maximum absolute atomic E-state index is 11.6. The van der Waals surface area contributed by atoms with Gasteiger partial charge in [-0.2, -0.15) is 0 Å². The number of primary amides is 1. The molecule has 0 saturated carbocycles. The van der Waals surface area contributed by atoms with E-state index in [1.807, 2.05) is 13.0 Å². The summed E-state index contributed by atoms with van der Waals surface area (Å²) >= 11 is 1.29. The van der Waals surface area contributed by atoms with E-state index in [0.717, 1.165) is 0 Å². The van der Waals surface area contributed by atoms with Crippen LogP contribution in [0, 0.1) is 0 Å². The van der Waals surface area contributed by atoms with Gasteiger partial charge in [-0.25, -0.2) is 0 Å². The first-order valence-corrected chi connectivity index (χ1v) is 7.15. The first-order chi connectivity index (χ1) is 9.00. The highest BCUT2D eigenvalue weighted by molar-refractivity contribution is 8.00. The molecule has 0 aliphatic rings. The van der Waals surface area contributed by atoms with E-state index in [2.05, 4.69) is 5.32 Å². The first kappa shape index (κ1) is 15.5. The number of hydrogen-bond acceptors (Lipinski definition) is 4. The number of amides is 2. The van der Waals surface area contributed by atoms with E-state index in [4.69, 9.17) is 11.5 Å². The second-order valence-corrected chi connectivity index (χ2v) is 5.13. The van der Waals surface area contributed by atoms with Crippen molar-refractivity contribution >= 4 is 23.6 Å². The van der Waals surface area contributed by atoms with Crippen LogP contribution in [0.4, 0.5) is 0 Å². The largest absolute Gasteiger partial charge is 0.368 e. The first-order valence-electron chi connectivity index (χ1n) is 5.99. The number of carbonyl (C=O) groups is 2. The van der Waals surface area contributed by atoms with Gasteiger partial charge in [-0.05, 0) is 12.5 Å². The molecule has 0 heterocycles. The van der Waals surface area contributed by atoms with Gasteiger partial charge in [-0.15, -0.1) is 11.8 Å². The number of thioether (sulfide) groups is 1. The van der Waals surface area contributed by atoms with Crippen LogP contribution in [-0.2, 0) is 15.1 Å². The van der Waals surface area contributed by atoms with Crippen LogP contribution in [0.3, 0.4) is 0 Å². The highest BCUT2D eigenvalue weighted by Crippen LogP contribution is 2.22. The molecule has 0 radical (unpaired) electrons. The molecule has 2 amide bonds. The van der Waals surface area contributed by atoms with Crippen LogP contribution in [0.5, 0.6) is 0 Å². The van der Waals surface area contributed by atoms with Crippen molar-refractivity contribution in [3.05, 3.63) is 35.9 Å². The summed E-state index contributed by atoms with van der Waals surface area (Å²) < 4.78 is 0. The Morgan fingerprint density at radius 1 is 1.32 bits per heavy atom. The summed E-state index contributed by atoms with van der Waals surface area (Å²) in [6.07, 6.45) is 0. The Labute approximate surface area is 117 Å². The molecule has 0 spiro atoms.